The van der Waals surface area contributed by atoms with E-state index in [2.05, 4.69) is 16.0 Å². The third-order valence-corrected chi connectivity index (χ3v) is 4.50. The van der Waals surface area contributed by atoms with E-state index >= 15 is 0 Å². The van der Waals surface area contributed by atoms with Gasteiger partial charge in [0.15, 0.2) is 5.76 Å². The van der Waals surface area contributed by atoms with E-state index in [1.165, 1.54) is 6.26 Å². The summed E-state index contributed by atoms with van der Waals surface area (Å²) in [6.45, 7) is 2.19. The van der Waals surface area contributed by atoms with Crippen LogP contribution in [0.25, 0.3) is 0 Å². The van der Waals surface area contributed by atoms with Gasteiger partial charge in [-0.15, -0.1) is 0 Å². The zero-order valence-electron chi connectivity index (χ0n) is 16.6. The first-order chi connectivity index (χ1) is 14.5. The van der Waals surface area contributed by atoms with Crippen LogP contribution in [0.2, 0.25) is 0 Å². The van der Waals surface area contributed by atoms with E-state index in [4.69, 9.17) is 4.42 Å². The van der Waals surface area contributed by atoms with Crippen LogP contribution in [0.4, 0.5) is 11.4 Å². The first-order valence-corrected chi connectivity index (χ1v) is 9.62. The summed E-state index contributed by atoms with van der Waals surface area (Å²) in [5.74, 6) is -0.450. The van der Waals surface area contributed by atoms with Gasteiger partial charge in [-0.3, -0.25) is 14.4 Å². The molecule has 0 spiro atoms. The molecule has 2 aromatic carbocycles. The number of hydrogen-bond acceptors (Lipinski definition) is 4. The van der Waals surface area contributed by atoms with Crippen molar-refractivity contribution in [3.05, 3.63) is 83.8 Å². The number of amides is 3. The predicted molar refractivity (Wildman–Crippen MR) is 114 cm³/mol. The van der Waals surface area contributed by atoms with E-state index in [9.17, 15) is 14.4 Å². The number of benzene rings is 2. The maximum atomic E-state index is 12.4. The molecule has 0 bridgehead atoms. The minimum absolute atomic E-state index is 0.170. The quantitative estimate of drug-likeness (QED) is 0.493. The molecule has 7 nitrogen and oxygen atoms in total. The molecule has 0 radical (unpaired) electrons. The van der Waals surface area contributed by atoms with Crippen molar-refractivity contribution >= 4 is 29.1 Å². The monoisotopic (exact) mass is 405 g/mol. The Morgan fingerprint density at radius 3 is 2.27 bits per heavy atom. The molecule has 30 heavy (non-hydrogen) atoms. The Hall–Kier alpha value is -3.87. The summed E-state index contributed by atoms with van der Waals surface area (Å²) in [4.78, 5) is 36.4. The normalized spacial score (nSPS) is 10.3. The third-order valence-electron chi connectivity index (χ3n) is 4.50. The fourth-order valence-corrected chi connectivity index (χ4v) is 2.85. The summed E-state index contributed by atoms with van der Waals surface area (Å²) >= 11 is 0. The maximum absolute atomic E-state index is 12.4. The molecule has 0 aliphatic rings. The Kier molecular flexibility index (Phi) is 7.00. The number of carbonyl (C=O) groups excluding carboxylic acids is 3. The largest absolute Gasteiger partial charge is 0.459 e. The summed E-state index contributed by atoms with van der Waals surface area (Å²) in [7, 11) is 0. The van der Waals surface area contributed by atoms with Crippen LogP contribution >= 0.6 is 0 Å². The standard InChI is InChI=1S/C23H23N3O4/c1-16-18(10-5-11-19(16)26-22(28)17-8-3-2-4-9-17)25-21(27)13-6-14-24-23(29)20-12-7-15-30-20/h2-5,7-12,15H,6,13-14H2,1H3,(H,24,29)(H,25,27)(H,26,28). The lowest BCUT2D eigenvalue weighted by atomic mass is 10.1. The molecule has 3 rings (SSSR count). The van der Waals surface area contributed by atoms with Gasteiger partial charge < -0.3 is 20.4 Å². The van der Waals surface area contributed by atoms with Gasteiger partial charge in [-0.05, 0) is 55.3 Å². The number of nitrogens with one attached hydrogen (secondary N) is 3. The number of rotatable bonds is 8. The van der Waals surface area contributed by atoms with Gasteiger partial charge in [-0.2, -0.15) is 0 Å². The molecular formula is C23H23N3O4. The SMILES string of the molecule is Cc1c(NC(=O)CCCNC(=O)c2ccco2)cccc1NC(=O)c1ccccc1. The maximum Gasteiger partial charge on any atom is 0.286 e. The van der Waals surface area contributed by atoms with Crippen molar-refractivity contribution < 1.29 is 18.8 Å². The van der Waals surface area contributed by atoms with Crippen molar-refractivity contribution in [1.82, 2.24) is 5.32 Å². The minimum Gasteiger partial charge on any atom is -0.459 e. The van der Waals surface area contributed by atoms with Crippen molar-refractivity contribution in [2.75, 3.05) is 17.2 Å². The van der Waals surface area contributed by atoms with Gasteiger partial charge in [0, 0.05) is 29.9 Å². The summed E-state index contributed by atoms with van der Waals surface area (Å²) in [6.07, 6.45) is 2.17. The first kappa shape index (κ1) is 20.9. The molecule has 0 saturated carbocycles. The second-order valence-corrected chi connectivity index (χ2v) is 6.68. The van der Waals surface area contributed by atoms with Crippen molar-refractivity contribution in [3.8, 4) is 0 Å². The van der Waals surface area contributed by atoms with Crippen LogP contribution < -0.4 is 16.0 Å². The molecule has 1 heterocycles. The van der Waals surface area contributed by atoms with Crippen LogP contribution in [0, 0.1) is 6.92 Å². The first-order valence-electron chi connectivity index (χ1n) is 9.62. The van der Waals surface area contributed by atoms with Crippen molar-refractivity contribution in [1.29, 1.82) is 0 Å². The average Bonchev–Trinajstić information content (AvgIpc) is 3.29. The Bertz CT molecular complexity index is 1010. The number of anilines is 2. The molecule has 0 unspecified atom stereocenters. The van der Waals surface area contributed by atoms with Crippen LogP contribution in [0.1, 0.15) is 39.3 Å². The van der Waals surface area contributed by atoms with Crippen molar-refractivity contribution in [3.63, 3.8) is 0 Å². The van der Waals surface area contributed by atoms with Gasteiger partial charge in [-0.25, -0.2) is 0 Å². The number of furan rings is 1. The predicted octanol–water partition coefficient (Wildman–Crippen LogP) is 3.99. The highest BCUT2D eigenvalue weighted by molar-refractivity contribution is 6.05. The zero-order chi connectivity index (χ0) is 21.3. The molecule has 3 amide bonds. The smallest absolute Gasteiger partial charge is 0.286 e. The lowest BCUT2D eigenvalue weighted by Gasteiger charge is -2.13. The fourth-order valence-electron chi connectivity index (χ4n) is 2.85. The van der Waals surface area contributed by atoms with Crippen LogP contribution in [0.15, 0.2) is 71.3 Å². The highest BCUT2D eigenvalue weighted by Gasteiger charge is 2.12. The molecule has 0 aliphatic carbocycles. The number of hydrogen-bond donors (Lipinski definition) is 3. The molecule has 0 saturated heterocycles. The second kappa shape index (κ2) is 10.1. The van der Waals surface area contributed by atoms with Gasteiger partial charge in [-0.1, -0.05) is 24.3 Å². The van der Waals surface area contributed by atoms with E-state index in [1.54, 1.807) is 54.6 Å². The van der Waals surface area contributed by atoms with Crippen LogP contribution in [-0.2, 0) is 4.79 Å². The minimum atomic E-state index is -0.307. The van der Waals surface area contributed by atoms with Crippen molar-refractivity contribution in [2.24, 2.45) is 0 Å². The molecule has 7 heteroatoms. The number of carbonyl (C=O) groups is 3. The molecule has 1 aromatic heterocycles. The van der Waals surface area contributed by atoms with E-state index in [0.717, 1.165) is 5.56 Å². The summed E-state index contributed by atoms with van der Waals surface area (Å²) in [5.41, 5.74) is 2.59. The molecule has 0 fully saturated rings. The van der Waals surface area contributed by atoms with Crippen LogP contribution in [0.3, 0.4) is 0 Å². The second-order valence-electron chi connectivity index (χ2n) is 6.68. The summed E-state index contributed by atoms with van der Waals surface area (Å²) in [5, 5.41) is 8.43. The highest BCUT2D eigenvalue weighted by Crippen LogP contribution is 2.24. The summed E-state index contributed by atoms with van der Waals surface area (Å²) in [6, 6.07) is 17.5. The molecular weight excluding hydrogens is 382 g/mol. The Labute approximate surface area is 174 Å². The topological polar surface area (TPSA) is 100 Å². The van der Waals surface area contributed by atoms with Gasteiger partial charge in [0.2, 0.25) is 5.91 Å². The van der Waals surface area contributed by atoms with E-state index < -0.39 is 0 Å². The van der Waals surface area contributed by atoms with Crippen LogP contribution in [-0.4, -0.2) is 24.3 Å². The Balaban J connectivity index is 1.50. The van der Waals surface area contributed by atoms with Gasteiger partial charge in [0.1, 0.15) is 0 Å². The fraction of sp³-hybridized carbons (Fsp3) is 0.174. The lowest BCUT2D eigenvalue weighted by Crippen LogP contribution is -2.25. The van der Waals surface area contributed by atoms with E-state index in [0.29, 0.717) is 29.9 Å². The molecule has 0 aliphatic heterocycles. The molecule has 0 atom stereocenters. The van der Waals surface area contributed by atoms with Crippen molar-refractivity contribution in [2.45, 2.75) is 19.8 Å². The molecule has 154 valence electrons. The lowest BCUT2D eigenvalue weighted by molar-refractivity contribution is -0.116. The van der Waals surface area contributed by atoms with Gasteiger partial charge >= 0.3 is 0 Å². The molecule has 3 aromatic rings. The highest BCUT2D eigenvalue weighted by atomic mass is 16.3. The van der Waals surface area contributed by atoms with E-state index in [1.807, 2.05) is 13.0 Å². The third kappa shape index (κ3) is 5.57. The summed E-state index contributed by atoms with van der Waals surface area (Å²) < 4.78 is 5.01. The van der Waals surface area contributed by atoms with Crippen LogP contribution in [0.5, 0.6) is 0 Å². The van der Waals surface area contributed by atoms with Gasteiger partial charge in [0.05, 0.1) is 6.26 Å². The van der Waals surface area contributed by atoms with Gasteiger partial charge in [0.25, 0.3) is 11.8 Å². The average molecular weight is 405 g/mol. The zero-order valence-corrected chi connectivity index (χ0v) is 16.6. The Morgan fingerprint density at radius 2 is 1.57 bits per heavy atom. The Morgan fingerprint density at radius 1 is 0.833 bits per heavy atom. The molecule has 3 N–H and O–H groups in total. The van der Waals surface area contributed by atoms with E-state index in [-0.39, 0.29) is 29.9 Å².